The molecule has 0 amide bonds. The number of hydrogen-bond donors (Lipinski definition) is 0. The number of nitro groups is 2. The van der Waals surface area contributed by atoms with Gasteiger partial charge < -0.3 is 4.74 Å². The van der Waals surface area contributed by atoms with E-state index in [-0.39, 0.29) is 23.5 Å². The zero-order valence-electron chi connectivity index (χ0n) is 17.3. The molecule has 0 bridgehead atoms. The Kier molecular flexibility index (Phi) is 6.00. The normalized spacial score (nSPS) is 17.8. The topological polar surface area (TPSA) is 108 Å². The van der Waals surface area contributed by atoms with Crippen LogP contribution in [-0.2, 0) is 11.3 Å². The third-order valence-corrected chi connectivity index (χ3v) is 5.48. The van der Waals surface area contributed by atoms with Gasteiger partial charge in [-0.1, -0.05) is 24.3 Å². The Morgan fingerprint density at radius 3 is 2.00 bits per heavy atom. The summed E-state index contributed by atoms with van der Waals surface area (Å²) in [5.41, 5.74) is 2.68. The molecule has 4 rings (SSSR count). The highest BCUT2D eigenvalue weighted by atomic mass is 16.7. The van der Waals surface area contributed by atoms with Crippen LogP contribution in [0, 0.1) is 20.2 Å². The monoisotopic (exact) mass is 435 g/mol. The van der Waals surface area contributed by atoms with Crippen LogP contribution in [0.2, 0.25) is 0 Å². The fourth-order valence-electron chi connectivity index (χ4n) is 3.81. The number of non-ortho nitro benzene ring substituents is 2. The predicted molar refractivity (Wildman–Crippen MR) is 118 cm³/mol. The Balaban J connectivity index is 1.60. The van der Waals surface area contributed by atoms with Gasteiger partial charge in [-0.3, -0.25) is 30.1 Å². The lowest BCUT2D eigenvalue weighted by Crippen LogP contribution is -2.29. The Morgan fingerprint density at radius 1 is 0.906 bits per heavy atom. The third-order valence-electron chi connectivity index (χ3n) is 5.48. The number of hydrogen-bond acceptors (Lipinski definition) is 7. The number of benzene rings is 3. The molecule has 9 heteroatoms. The molecule has 0 aromatic heterocycles. The van der Waals surface area contributed by atoms with Crippen LogP contribution in [-0.4, -0.2) is 23.0 Å². The molecule has 0 unspecified atom stereocenters. The van der Waals surface area contributed by atoms with Crippen molar-refractivity contribution in [3.63, 3.8) is 0 Å². The first-order chi connectivity index (χ1) is 15.4. The highest BCUT2D eigenvalue weighted by Gasteiger charge is 2.35. The summed E-state index contributed by atoms with van der Waals surface area (Å²) in [5.74, 6) is 0.751. The van der Waals surface area contributed by atoms with E-state index in [1.54, 1.807) is 36.4 Å². The van der Waals surface area contributed by atoms with Gasteiger partial charge in [0, 0.05) is 30.7 Å². The quantitative estimate of drug-likeness (QED) is 0.379. The maximum absolute atomic E-state index is 11.0. The maximum Gasteiger partial charge on any atom is 0.269 e. The number of anilines is 1. The van der Waals surface area contributed by atoms with Gasteiger partial charge in [-0.25, -0.2) is 0 Å². The average molecular weight is 435 g/mol. The van der Waals surface area contributed by atoms with Gasteiger partial charge in [0.1, 0.15) is 11.9 Å². The summed E-state index contributed by atoms with van der Waals surface area (Å²) < 4.78 is 5.23. The highest BCUT2D eigenvalue weighted by molar-refractivity contribution is 5.51. The summed E-state index contributed by atoms with van der Waals surface area (Å²) in [6.07, 6.45) is 1.07. The summed E-state index contributed by atoms with van der Waals surface area (Å²) in [6.45, 7) is 0. The fourth-order valence-corrected chi connectivity index (χ4v) is 3.81. The Bertz CT molecular complexity index is 1100. The summed E-state index contributed by atoms with van der Waals surface area (Å²) in [6, 6.07) is 20.3. The van der Waals surface area contributed by atoms with E-state index in [1.807, 2.05) is 24.3 Å². The minimum absolute atomic E-state index is 0.00608. The molecule has 32 heavy (non-hydrogen) atoms. The van der Waals surface area contributed by atoms with Gasteiger partial charge in [0.25, 0.3) is 11.4 Å². The van der Waals surface area contributed by atoms with Gasteiger partial charge in [0.05, 0.1) is 28.7 Å². The number of methoxy groups -OCH3 is 1. The Morgan fingerprint density at radius 2 is 1.47 bits per heavy atom. The number of rotatable bonds is 7. The maximum atomic E-state index is 11.0. The first-order valence-electron chi connectivity index (χ1n) is 10.0. The van der Waals surface area contributed by atoms with Crippen LogP contribution < -0.4 is 9.80 Å². The lowest BCUT2D eigenvalue weighted by atomic mass is 9.97. The van der Waals surface area contributed by atoms with Crippen LogP contribution in [0.5, 0.6) is 5.75 Å². The summed E-state index contributed by atoms with van der Waals surface area (Å²) in [5, 5.41) is 23.7. The molecule has 0 radical (unpaired) electrons. The largest absolute Gasteiger partial charge is 0.497 e. The highest BCUT2D eigenvalue weighted by Crippen LogP contribution is 2.39. The van der Waals surface area contributed by atoms with Gasteiger partial charge in [-0.05, 0) is 41.8 Å². The first kappa shape index (κ1) is 21.3. The average Bonchev–Trinajstić information content (AvgIpc) is 3.23. The van der Waals surface area contributed by atoms with Crippen LogP contribution in [0.1, 0.15) is 23.7 Å². The van der Waals surface area contributed by atoms with Crippen molar-refractivity contribution in [1.29, 1.82) is 0 Å². The molecule has 164 valence electrons. The van der Waals surface area contributed by atoms with Gasteiger partial charge in [0.15, 0.2) is 0 Å². The van der Waals surface area contributed by atoms with Gasteiger partial charge in [0.2, 0.25) is 0 Å². The van der Waals surface area contributed by atoms with E-state index in [2.05, 4.69) is 0 Å². The molecular weight excluding hydrogens is 414 g/mol. The minimum Gasteiger partial charge on any atom is -0.497 e. The number of hydroxylamine groups is 1. The standard InChI is InChI=1S/C23H21N3O6/c1-31-22-12-4-17(5-13-22)23-15-21(14-16-2-6-19(7-3-16)25(27)28)24(32-23)18-8-10-20(11-9-18)26(29)30/h2-13,21,23H,14-15H2,1H3/t21-,23-/m1/s1. The van der Waals surface area contributed by atoms with Gasteiger partial charge in [-0.15, -0.1) is 0 Å². The van der Waals surface area contributed by atoms with E-state index in [1.165, 1.54) is 24.3 Å². The van der Waals surface area contributed by atoms with Crippen molar-refractivity contribution in [2.75, 3.05) is 12.2 Å². The first-order valence-corrected chi connectivity index (χ1v) is 10.0. The van der Waals surface area contributed by atoms with Crippen molar-refractivity contribution in [2.45, 2.75) is 25.0 Å². The third kappa shape index (κ3) is 4.52. The molecule has 1 aliphatic rings. The molecule has 3 aromatic carbocycles. The van der Waals surface area contributed by atoms with Crippen molar-refractivity contribution in [3.05, 3.63) is 104 Å². The second-order valence-electron chi connectivity index (χ2n) is 7.48. The smallest absolute Gasteiger partial charge is 0.269 e. The summed E-state index contributed by atoms with van der Waals surface area (Å²) in [4.78, 5) is 27.3. The van der Waals surface area contributed by atoms with E-state index in [4.69, 9.17) is 9.57 Å². The second-order valence-corrected chi connectivity index (χ2v) is 7.48. The predicted octanol–water partition coefficient (Wildman–Crippen LogP) is 5.01. The van der Waals surface area contributed by atoms with E-state index in [9.17, 15) is 20.2 Å². The molecule has 1 saturated heterocycles. The van der Waals surface area contributed by atoms with E-state index < -0.39 is 9.85 Å². The summed E-state index contributed by atoms with van der Waals surface area (Å²) >= 11 is 0. The zero-order valence-corrected chi connectivity index (χ0v) is 17.3. The Labute approximate surface area is 184 Å². The zero-order chi connectivity index (χ0) is 22.7. The van der Waals surface area contributed by atoms with Crippen LogP contribution in [0.4, 0.5) is 17.1 Å². The molecule has 0 N–H and O–H groups in total. The van der Waals surface area contributed by atoms with E-state index in [0.717, 1.165) is 16.9 Å². The lowest BCUT2D eigenvalue weighted by molar-refractivity contribution is -0.385. The summed E-state index contributed by atoms with van der Waals surface area (Å²) in [7, 11) is 1.61. The molecule has 0 saturated carbocycles. The SMILES string of the molecule is COc1ccc([C@H]2C[C@@H](Cc3ccc([N+](=O)[O-])cc3)N(c3ccc([N+](=O)[O-])cc3)O2)cc1. The number of nitrogens with zero attached hydrogens (tertiary/aromatic N) is 3. The molecule has 1 aliphatic heterocycles. The molecule has 3 aromatic rings. The van der Waals surface area contributed by atoms with Crippen LogP contribution in [0.25, 0.3) is 0 Å². The van der Waals surface area contributed by atoms with Crippen molar-refractivity contribution in [3.8, 4) is 5.75 Å². The van der Waals surface area contributed by atoms with E-state index >= 15 is 0 Å². The van der Waals surface area contributed by atoms with Crippen LogP contribution in [0.3, 0.4) is 0 Å². The molecule has 0 spiro atoms. The number of nitro benzene ring substituents is 2. The molecule has 2 atom stereocenters. The van der Waals surface area contributed by atoms with Crippen molar-refractivity contribution in [1.82, 2.24) is 0 Å². The van der Waals surface area contributed by atoms with Crippen molar-refractivity contribution >= 4 is 17.1 Å². The minimum atomic E-state index is -0.441. The van der Waals surface area contributed by atoms with Crippen molar-refractivity contribution < 1.29 is 19.4 Å². The fraction of sp³-hybridized carbons (Fsp3) is 0.217. The number of ether oxygens (including phenoxy) is 1. The molecule has 9 nitrogen and oxygen atoms in total. The van der Waals surface area contributed by atoms with Gasteiger partial charge >= 0.3 is 0 Å². The lowest BCUT2D eigenvalue weighted by Gasteiger charge is -2.25. The Hall–Kier alpha value is -3.98. The second kappa shape index (κ2) is 9.03. The van der Waals surface area contributed by atoms with Crippen LogP contribution >= 0.6 is 0 Å². The van der Waals surface area contributed by atoms with Crippen molar-refractivity contribution in [2.24, 2.45) is 0 Å². The molecule has 0 aliphatic carbocycles. The van der Waals surface area contributed by atoms with Gasteiger partial charge in [-0.2, -0.15) is 0 Å². The molecule has 1 fully saturated rings. The van der Waals surface area contributed by atoms with E-state index in [0.29, 0.717) is 18.5 Å². The van der Waals surface area contributed by atoms with Crippen LogP contribution in [0.15, 0.2) is 72.8 Å². The molecular formula is C23H21N3O6. The molecule has 1 heterocycles.